The number of hydrogen-bond acceptors (Lipinski definition) is 3. The third-order valence-electron chi connectivity index (χ3n) is 3.83. The van der Waals surface area contributed by atoms with Gasteiger partial charge in [-0.05, 0) is 48.1 Å². The molecule has 0 saturated carbocycles. The summed E-state index contributed by atoms with van der Waals surface area (Å²) in [7, 11) is 3.49. The summed E-state index contributed by atoms with van der Waals surface area (Å²) >= 11 is 1.72. The Bertz CT molecular complexity index is 668. The Morgan fingerprint density at radius 1 is 1.13 bits per heavy atom. The Morgan fingerprint density at radius 3 is 2.39 bits per heavy atom. The molecule has 122 valence electrons. The minimum atomic E-state index is 0.102. The lowest BCUT2D eigenvalue weighted by Gasteiger charge is -2.18. The van der Waals surface area contributed by atoms with Crippen molar-refractivity contribution in [3.63, 3.8) is 0 Å². The van der Waals surface area contributed by atoms with Gasteiger partial charge in [0.05, 0.1) is 13.5 Å². The van der Waals surface area contributed by atoms with E-state index in [2.05, 4.69) is 30.5 Å². The van der Waals surface area contributed by atoms with Gasteiger partial charge in [-0.1, -0.05) is 24.3 Å². The lowest BCUT2D eigenvalue weighted by atomic mass is 10.1. The summed E-state index contributed by atoms with van der Waals surface area (Å²) in [4.78, 5) is 15.4. The highest BCUT2D eigenvalue weighted by Gasteiger charge is 2.11. The molecule has 2 rings (SSSR count). The van der Waals surface area contributed by atoms with Gasteiger partial charge in [-0.3, -0.25) is 4.79 Å². The Labute approximate surface area is 142 Å². The molecule has 3 nitrogen and oxygen atoms in total. The van der Waals surface area contributed by atoms with Crippen LogP contribution in [-0.4, -0.2) is 31.2 Å². The van der Waals surface area contributed by atoms with Crippen molar-refractivity contribution < 1.29 is 9.53 Å². The second-order valence-electron chi connectivity index (χ2n) is 5.58. The predicted molar refractivity (Wildman–Crippen MR) is 96.1 cm³/mol. The van der Waals surface area contributed by atoms with Crippen LogP contribution in [0.25, 0.3) is 0 Å². The monoisotopic (exact) mass is 329 g/mol. The van der Waals surface area contributed by atoms with E-state index in [0.717, 1.165) is 22.4 Å². The van der Waals surface area contributed by atoms with Crippen LogP contribution in [0.4, 0.5) is 0 Å². The van der Waals surface area contributed by atoms with Crippen molar-refractivity contribution in [1.82, 2.24) is 4.90 Å². The minimum Gasteiger partial charge on any atom is -0.496 e. The van der Waals surface area contributed by atoms with E-state index in [1.165, 1.54) is 4.90 Å². The predicted octanol–water partition coefficient (Wildman–Crippen LogP) is 3.93. The van der Waals surface area contributed by atoms with Gasteiger partial charge in [0.1, 0.15) is 5.75 Å². The normalized spacial score (nSPS) is 10.4. The van der Waals surface area contributed by atoms with Gasteiger partial charge in [0.2, 0.25) is 5.91 Å². The second kappa shape index (κ2) is 8.06. The van der Waals surface area contributed by atoms with E-state index < -0.39 is 0 Å². The van der Waals surface area contributed by atoms with Gasteiger partial charge < -0.3 is 9.64 Å². The maximum Gasteiger partial charge on any atom is 0.227 e. The van der Waals surface area contributed by atoms with E-state index in [4.69, 9.17) is 4.74 Å². The third-order valence-corrected chi connectivity index (χ3v) is 4.58. The zero-order chi connectivity index (χ0) is 16.8. The molecule has 0 unspecified atom stereocenters. The van der Waals surface area contributed by atoms with Gasteiger partial charge in [0, 0.05) is 18.5 Å². The van der Waals surface area contributed by atoms with Gasteiger partial charge in [0.15, 0.2) is 0 Å². The molecule has 2 aromatic carbocycles. The molecule has 0 heterocycles. The number of rotatable bonds is 6. The quantitative estimate of drug-likeness (QED) is 0.752. The summed E-state index contributed by atoms with van der Waals surface area (Å²) < 4.78 is 5.32. The van der Waals surface area contributed by atoms with E-state index in [1.54, 1.807) is 23.8 Å². The number of hydrogen-bond donors (Lipinski definition) is 0. The number of amides is 1. The van der Waals surface area contributed by atoms with Crippen LogP contribution in [0.2, 0.25) is 0 Å². The maximum atomic E-state index is 12.4. The summed E-state index contributed by atoms with van der Waals surface area (Å²) in [5, 5.41) is 0. The van der Waals surface area contributed by atoms with Crippen LogP contribution in [0, 0.1) is 6.92 Å². The van der Waals surface area contributed by atoms with Crippen LogP contribution in [-0.2, 0) is 17.8 Å². The summed E-state index contributed by atoms with van der Waals surface area (Å²) in [5.74, 6) is 0.926. The molecule has 0 N–H and O–H groups in total. The molecule has 2 aromatic rings. The van der Waals surface area contributed by atoms with Gasteiger partial charge in [0.25, 0.3) is 0 Å². The van der Waals surface area contributed by atoms with E-state index in [0.29, 0.717) is 13.0 Å². The Kier molecular flexibility index (Phi) is 6.11. The van der Waals surface area contributed by atoms with Gasteiger partial charge in [-0.2, -0.15) is 0 Å². The van der Waals surface area contributed by atoms with Crippen LogP contribution >= 0.6 is 11.8 Å². The highest BCUT2D eigenvalue weighted by Crippen LogP contribution is 2.20. The first-order chi connectivity index (χ1) is 11.0. The molecule has 23 heavy (non-hydrogen) atoms. The average molecular weight is 329 g/mol. The molecule has 0 radical (unpaired) electrons. The molecule has 0 aliphatic heterocycles. The average Bonchev–Trinajstić information content (AvgIpc) is 2.57. The summed E-state index contributed by atoms with van der Waals surface area (Å²) in [6, 6.07) is 14.2. The van der Waals surface area contributed by atoms with Crippen molar-refractivity contribution in [3.8, 4) is 5.75 Å². The van der Waals surface area contributed by atoms with Crippen molar-refractivity contribution in [3.05, 3.63) is 59.2 Å². The first kappa shape index (κ1) is 17.4. The molecule has 0 bridgehead atoms. The van der Waals surface area contributed by atoms with Crippen molar-refractivity contribution in [1.29, 1.82) is 0 Å². The number of carbonyl (C=O) groups excluding carboxylic acids is 1. The van der Waals surface area contributed by atoms with Crippen molar-refractivity contribution >= 4 is 17.7 Å². The van der Waals surface area contributed by atoms with E-state index >= 15 is 0 Å². The minimum absolute atomic E-state index is 0.102. The molecule has 4 heteroatoms. The number of benzene rings is 2. The van der Waals surface area contributed by atoms with Crippen LogP contribution in [0.3, 0.4) is 0 Å². The molecule has 0 fully saturated rings. The fourth-order valence-electron chi connectivity index (χ4n) is 2.38. The summed E-state index contributed by atoms with van der Waals surface area (Å²) in [6.07, 6.45) is 2.44. The Balaban J connectivity index is 1.99. The topological polar surface area (TPSA) is 29.5 Å². The van der Waals surface area contributed by atoms with E-state index in [1.807, 2.05) is 32.2 Å². The van der Waals surface area contributed by atoms with E-state index in [9.17, 15) is 4.79 Å². The number of ether oxygens (including phenoxy) is 1. The Morgan fingerprint density at radius 2 is 1.78 bits per heavy atom. The molecular weight excluding hydrogens is 306 g/mol. The number of aryl methyl sites for hydroxylation is 1. The van der Waals surface area contributed by atoms with Gasteiger partial charge >= 0.3 is 0 Å². The smallest absolute Gasteiger partial charge is 0.227 e. The fraction of sp³-hybridized carbons (Fsp3) is 0.316. The van der Waals surface area contributed by atoms with Crippen LogP contribution < -0.4 is 4.74 Å². The number of methoxy groups -OCH3 is 1. The van der Waals surface area contributed by atoms with Gasteiger partial charge in [-0.15, -0.1) is 11.8 Å². The van der Waals surface area contributed by atoms with Crippen molar-refractivity contribution in [2.24, 2.45) is 0 Å². The summed E-state index contributed by atoms with van der Waals surface area (Å²) in [5.41, 5.74) is 3.19. The number of likely N-dealkylation sites (N-methyl/N-ethyl adjacent to an activating group) is 1. The Hall–Kier alpha value is -1.94. The molecule has 0 aliphatic carbocycles. The van der Waals surface area contributed by atoms with Crippen LogP contribution in [0.1, 0.15) is 16.7 Å². The maximum absolute atomic E-state index is 12.4. The molecular formula is C19H23NO2S. The molecule has 0 aromatic heterocycles. The standard InChI is InChI=1S/C19H23NO2S/c1-14-5-6-16(11-18(14)22-3)12-19(21)20(2)13-15-7-9-17(23-4)10-8-15/h5-11H,12-13H2,1-4H3. The third kappa shape index (κ3) is 4.76. The lowest BCUT2D eigenvalue weighted by molar-refractivity contribution is -0.129. The molecule has 0 aliphatic rings. The number of carbonyl (C=O) groups is 1. The lowest BCUT2D eigenvalue weighted by Crippen LogP contribution is -2.27. The fourth-order valence-corrected chi connectivity index (χ4v) is 2.79. The van der Waals surface area contributed by atoms with Gasteiger partial charge in [-0.25, -0.2) is 0 Å². The molecule has 1 amide bonds. The highest BCUT2D eigenvalue weighted by atomic mass is 32.2. The number of nitrogens with zero attached hydrogens (tertiary/aromatic N) is 1. The van der Waals surface area contributed by atoms with Crippen molar-refractivity contribution in [2.45, 2.75) is 24.8 Å². The largest absolute Gasteiger partial charge is 0.496 e. The molecule has 0 spiro atoms. The molecule has 0 atom stereocenters. The van der Waals surface area contributed by atoms with Crippen LogP contribution in [0.15, 0.2) is 47.4 Å². The van der Waals surface area contributed by atoms with Crippen LogP contribution in [0.5, 0.6) is 5.75 Å². The second-order valence-corrected chi connectivity index (χ2v) is 6.46. The zero-order valence-electron chi connectivity index (χ0n) is 14.1. The summed E-state index contributed by atoms with van der Waals surface area (Å²) in [6.45, 7) is 2.62. The SMILES string of the molecule is COc1cc(CC(=O)N(C)Cc2ccc(SC)cc2)ccc1C. The zero-order valence-corrected chi connectivity index (χ0v) is 14.9. The van der Waals surface area contributed by atoms with E-state index in [-0.39, 0.29) is 5.91 Å². The number of thioether (sulfide) groups is 1. The highest BCUT2D eigenvalue weighted by molar-refractivity contribution is 7.98. The van der Waals surface area contributed by atoms with Crippen molar-refractivity contribution in [2.75, 3.05) is 20.4 Å². The first-order valence-electron chi connectivity index (χ1n) is 7.54. The first-order valence-corrected chi connectivity index (χ1v) is 8.76. The molecule has 0 saturated heterocycles.